The molecule has 0 aliphatic carbocycles. The van der Waals surface area contributed by atoms with Crippen LogP contribution in [0.1, 0.15) is 27.7 Å². The summed E-state index contributed by atoms with van der Waals surface area (Å²) in [6.07, 6.45) is 0. The molecule has 0 unspecified atom stereocenters. The van der Waals surface area contributed by atoms with Gasteiger partial charge in [0, 0.05) is 37.6 Å². The minimum atomic E-state index is -0.455. The van der Waals surface area contributed by atoms with Gasteiger partial charge in [0.2, 0.25) is 0 Å². The van der Waals surface area contributed by atoms with Gasteiger partial charge in [-0.15, -0.1) is 27.6 Å². The van der Waals surface area contributed by atoms with Crippen LogP contribution in [-0.4, -0.2) is 31.6 Å². The van der Waals surface area contributed by atoms with Crippen molar-refractivity contribution in [2.24, 2.45) is 0 Å². The molecule has 2 nitrogen and oxygen atoms in total. The number of benzene rings is 4. The fraction of sp³-hybridized carbons (Fsp3) is 0.211. The van der Waals surface area contributed by atoms with Gasteiger partial charge in [-0.1, -0.05) is 36.4 Å². The first kappa shape index (κ1) is 37.6. The largest absolute Gasteiger partial charge is 0.214 e. The Hall–Kier alpha value is -2.62. The van der Waals surface area contributed by atoms with E-state index >= 15 is 0 Å². The molecule has 44 heavy (non-hydrogen) atoms. The van der Waals surface area contributed by atoms with Gasteiger partial charge in [-0.3, -0.25) is 0 Å². The molecule has 0 aliphatic heterocycles. The van der Waals surface area contributed by atoms with Gasteiger partial charge in [0.1, 0.15) is 0 Å². The topological polar surface area (TPSA) is 6.48 Å². The molecule has 6 aromatic rings. The zero-order valence-corrected chi connectivity index (χ0v) is 31.2. The first-order valence-corrected chi connectivity index (χ1v) is 20.3. The summed E-state index contributed by atoms with van der Waals surface area (Å²) in [5, 5.41) is 8.45. The monoisotopic (exact) mass is 714 g/mol. The van der Waals surface area contributed by atoms with Crippen LogP contribution in [0.5, 0.6) is 0 Å². The van der Waals surface area contributed by atoms with Crippen molar-refractivity contribution in [3.63, 3.8) is 0 Å². The van der Waals surface area contributed by atoms with Crippen LogP contribution in [0, 0.1) is 0 Å². The molecule has 0 spiro atoms. The normalized spacial score (nSPS) is 9.95. The van der Waals surface area contributed by atoms with Crippen molar-refractivity contribution in [3.05, 3.63) is 133 Å². The Bertz CT molecular complexity index is 1520. The van der Waals surface area contributed by atoms with Gasteiger partial charge in [-0.25, -0.2) is 12.1 Å². The van der Waals surface area contributed by atoms with E-state index in [0.717, 1.165) is 26.2 Å². The van der Waals surface area contributed by atoms with Crippen LogP contribution >= 0.6 is 0 Å². The Kier molecular flexibility index (Phi) is 16.8. The molecule has 0 N–H and O–H groups in total. The number of hydrogen-bond donors (Lipinski definition) is 0. The molecule has 0 saturated heterocycles. The van der Waals surface area contributed by atoms with E-state index in [2.05, 4.69) is 141 Å². The summed E-state index contributed by atoms with van der Waals surface area (Å²) in [4.78, 5) is 4.80. The molecule has 6 heteroatoms. The molecule has 0 aliphatic rings. The standard InChI is InChI=1S/C21H27N2.C12H10Si.C5H5.2ClH.Zr/c1-5-22(6-2)18-9-11-20-16(14-18)13-17-15-19(10-12-21(17)20)23(7-3)8-4;1-3-7-11(8-4-1)13-12-9-5-2-6-10-12;1-2-4-5-3-1;;;/h9-15H,5-8H2,1-4H3;1-10H;1-5H;2*1H;/q-1;;-1;;;+2/p-2. The number of halogens is 2. The number of nitrogens with zero attached hydrogens (tertiary/aromatic N) is 2. The Balaban J connectivity index is 0.000000273. The average molecular weight is 717 g/mol. The van der Waals surface area contributed by atoms with E-state index in [4.69, 9.17) is 0 Å². The summed E-state index contributed by atoms with van der Waals surface area (Å²) in [6, 6.07) is 47.8. The molecule has 0 heterocycles. The first-order valence-electron chi connectivity index (χ1n) is 15.1. The van der Waals surface area contributed by atoms with Crippen molar-refractivity contribution in [2.75, 3.05) is 36.0 Å². The molecule has 0 amide bonds. The van der Waals surface area contributed by atoms with Crippen LogP contribution in [0.15, 0.2) is 133 Å². The molecule has 6 rings (SSSR count). The van der Waals surface area contributed by atoms with E-state index in [-0.39, 0.29) is 24.8 Å². The van der Waals surface area contributed by atoms with Gasteiger partial charge in [-0.2, -0.15) is 18.2 Å². The van der Waals surface area contributed by atoms with Crippen LogP contribution in [-0.2, 0) is 23.3 Å². The molecule has 6 aromatic carbocycles. The van der Waals surface area contributed by atoms with E-state index < -0.39 is 5.43 Å². The van der Waals surface area contributed by atoms with Gasteiger partial charge < -0.3 is 34.6 Å². The predicted molar refractivity (Wildman–Crippen MR) is 184 cm³/mol. The number of hydrogen-bond acceptors (Lipinski definition) is 2. The molecule has 0 saturated carbocycles. The summed E-state index contributed by atoms with van der Waals surface area (Å²) >= 11 is 1.64. The van der Waals surface area contributed by atoms with Gasteiger partial charge in [0.05, 0.1) is 0 Å². The average Bonchev–Trinajstić information content (AvgIpc) is 3.75. The third-order valence-electron chi connectivity index (χ3n) is 7.61. The quantitative estimate of drug-likeness (QED) is 0.176. The molecule has 0 fully saturated rings. The Morgan fingerprint density at radius 3 is 1.25 bits per heavy atom. The maximum atomic E-state index is 2.40. The summed E-state index contributed by atoms with van der Waals surface area (Å²) in [6.45, 7) is 13.1. The van der Waals surface area contributed by atoms with Gasteiger partial charge >= 0.3 is 99.8 Å². The van der Waals surface area contributed by atoms with E-state index in [0.29, 0.717) is 0 Å². The third-order valence-corrected chi connectivity index (χ3v) is 13.7. The number of anilines is 2. The van der Waals surface area contributed by atoms with Crippen molar-refractivity contribution in [3.8, 4) is 0 Å². The van der Waals surface area contributed by atoms with Gasteiger partial charge in [-0.05, 0) is 27.7 Å². The molecular formula is C38H42Cl2N2SiZr-2. The zero-order chi connectivity index (χ0) is 29.7. The van der Waals surface area contributed by atoms with E-state index in [9.17, 15) is 0 Å². The van der Waals surface area contributed by atoms with Crippen molar-refractivity contribution in [1.29, 1.82) is 0 Å². The first-order chi connectivity index (χ1) is 20.6. The summed E-state index contributed by atoms with van der Waals surface area (Å²) in [5.41, 5.74) is 2.19. The van der Waals surface area contributed by atoms with Crippen LogP contribution in [0.2, 0.25) is 0 Å². The van der Waals surface area contributed by atoms with E-state index in [1.54, 1.807) is 23.3 Å². The smallest absolute Gasteiger partial charge is 0.172 e. The fourth-order valence-corrected chi connectivity index (χ4v) is 9.11. The zero-order valence-electron chi connectivity index (χ0n) is 26.2. The minimum Gasteiger partial charge on any atom is -0.214 e. The second kappa shape index (κ2) is 19.7. The van der Waals surface area contributed by atoms with Crippen LogP contribution < -0.4 is 45.0 Å². The molecule has 0 atom stereocenters. The number of rotatable bonds is 8. The second-order valence-corrected chi connectivity index (χ2v) is 15.7. The predicted octanol–water partition coefficient (Wildman–Crippen LogP) is 2.16. The summed E-state index contributed by atoms with van der Waals surface area (Å²) < 4.78 is 0. The second-order valence-electron chi connectivity index (χ2n) is 10.1. The maximum Gasteiger partial charge on any atom is -0.172 e. The molecule has 0 aromatic heterocycles. The van der Waals surface area contributed by atoms with Crippen molar-refractivity contribution >= 4 is 48.7 Å². The van der Waals surface area contributed by atoms with Crippen molar-refractivity contribution in [1.82, 2.24) is 0 Å². The summed E-state index contributed by atoms with van der Waals surface area (Å²) in [5.74, 6) is 0. The van der Waals surface area contributed by atoms with Crippen molar-refractivity contribution < 1.29 is 48.1 Å². The van der Waals surface area contributed by atoms with Crippen LogP contribution in [0.4, 0.5) is 11.4 Å². The van der Waals surface area contributed by atoms with Gasteiger partial charge in [0.15, 0.2) is 0 Å². The molecular weight excluding hydrogens is 675 g/mol. The van der Waals surface area contributed by atoms with Gasteiger partial charge in [0.25, 0.3) is 0 Å². The molecule has 228 valence electrons. The Morgan fingerprint density at radius 2 is 0.932 bits per heavy atom. The van der Waals surface area contributed by atoms with Crippen LogP contribution in [0.3, 0.4) is 0 Å². The minimum absolute atomic E-state index is 0. The SMILES string of the molecule is CCN(CC)c1ccc2c(c1)[cH-]c1cc(N(CC)CC)ccc12.[Cl-].[Cl-].[Zr+2]=[Si](c1ccccc1)c1ccccc1.c1cc[cH-]c1. The van der Waals surface area contributed by atoms with E-state index in [1.807, 2.05) is 30.3 Å². The molecule has 0 bridgehead atoms. The maximum absolute atomic E-state index is 2.40. The van der Waals surface area contributed by atoms with Crippen molar-refractivity contribution in [2.45, 2.75) is 27.7 Å². The van der Waals surface area contributed by atoms with Crippen LogP contribution in [0.25, 0.3) is 21.5 Å². The third kappa shape index (κ3) is 9.94. The molecule has 0 radical (unpaired) electrons. The number of fused-ring (bicyclic) bond motifs is 3. The summed E-state index contributed by atoms with van der Waals surface area (Å²) in [7, 11) is 0. The Labute approximate surface area is 292 Å². The van der Waals surface area contributed by atoms with E-state index in [1.165, 1.54) is 43.3 Å². The fourth-order valence-electron chi connectivity index (χ4n) is 5.27. The Morgan fingerprint density at radius 1 is 0.545 bits per heavy atom.